The highest BCUT2D eigenvalue weighted by atomic mass is 79.9. The lowest BCUT2D eigenvalue weighted by atomic mass is 10.1. The molecule has 0 saturated carbocycles. The summed E-state index contributed by atoms with van der Waals surface area (Å²) >= 11 is 3.27. The second-order valence-electron chi connectivity index (χ2n) is 5.75. The lowest BCUT2D eigenvalue weighted by Gasteiger charge is -2.22. The van der Waals surface area contributed by atoms with Gasteiger partial charge < -0.3 is 19.5 Å². The Morgan fingerprint density at radius 3 is 2.48 bits per heavy atom. The van der Waals surface area contributed by atoms with E-state index in [0.29, 0.717) is 16.0 Å². The van der Waals surface area contributed by atoms with Gasteiger partial charge in [-0.25, -0.2) is 14.6 Å². The first-order chi connectivity index (χ1) is 10.6. The number of carbonyl (C=O) groups is 2. The quantitative estimate of drug-likeness (QED) is 0.615. The molecule has 128 valence electrons. The van der Waals surface area contributed by atoms with E-state index in [1.165, 1.54) is 14.2 Å². The van der Waals surface area contributed by atoms with E-state index in [4.69, 9.17) is 14.2 Å². The number of hydrogen-bond donors (Lipinski definition) is 1. The van der Waals surface area contributed by atoms with Crippen molar-refractivity contribution in [2.75, 3.05) is 14.2 Å². The minimum Gasteiger partial charge on any atom is -0.497 e. The molecule has 7 nitrogen and oxygen atoms in total. The van der Waals surface area contributed by atoms with Crippen LogP contribution in [0, 0.1) is 0 Å². The van der Waals surface area contributed by atoms with Crippen LogP contribution in [0.3, 0.4) is 0 Å². The fourth-order valence-corrected chi connectivity index (χ4v) is 2.20. The summed E-state index contributed by atoms with van der Waals surface area (Å²) in [5.74, 6) is -0.000592. The molecule has 1 heterocycles. The zero-order chi connectivity index (χ0) is 17.6. The molecular formula is C15H21BrN2O5. The van der Waals surface area contributed by atoms with E-state index in [2.05, 4.69) is 26.2 Å². The maximum Gasteiger partial charge on any atom is 0.408 e. The summed E-state index contributed by atoms with van der Waals surface area (Å²) < 4.78 is 15.6. The highest BCUT2D eigenvalue weighted by Gasteiger charge is 2.26. The van der Waals surface area contributed by atoms with Gasteiger partial charge in [-0.15, -0.1) is 0 Å². The average Bonchev–Trinajstić information content (AvgIpc) is 2.43. The van der Waals surface area contributed by atoms with Crippen molar-refractivity contribution in [1.82, 2.24) is 10.3 Å². The van der Waals surface area contributed by atoms with Crippen molar-refractivity contribution >= 4 is 28.0 Å². The van der Waals surface area contributed by atoms with Gasteiger partial charge in [0.25, 0.3) is 0 Å². The number of hydrogen-bond acceptors (Lipinski definition) is 6. The van der Waals surface area contributed by atoms with Crippen LogP contribution < -0.4 is 10.1 Å². The molecule has 0 bridgehead atoms. The van der Waals surface area contributed by atoms with Crippen molar-refractivity contribution in [3.63, 3.8) is 0 Å². The predicted molar refractivity (Wildman–Crippen MR) is 87.4 cm³/mol. The molecule has 1 atom stereocenters. The number of rotatable bonds is 5. The van der Waals surface area contributed by atoms with Crippen LogP contribution in [-0.2, 0) is 20.7 Å². The largest absolute Gasteiger partial charge is 0.497 e. The van der Waals surface area contributed by atoms with E-state index in [9.17, 15) is 9.59 Å². The van der Waals surface area contributed by atoms with Crippen LogP contribution in [0.1, 0.15) is 26.5 Å². The van der Waals surface area contributed by atoms with Gasteiger partial charge in [0.05, 0.1) is 14.2 Å². The van der Waals surface area contributed by atoms with E-state index < -0.39 is 23.7 Å². The predicted octanol–water partition coefficient (Wildman–Crippen LogP) is 2.46. The smallest absolute Gasteiger partial charge is 0.408 e. The Hall–Kier alpha value is -1.83. The minimum atomic E-state index is -0.915. The zero-order valence-corrected chi connectivity index (χ0v) is 15.4. The summed E-state index contributed by atoms with van der Waals surface area (Å²) in [6, 6.07) is 2.46. The summed E-state index contributed by atoms with van der Waals surface area (Å²) in [5, 5.41) is 2.50. The van der Waals surface area contributed by atoms with E-state index in [0.717, 1.165) is 0 Å². The molecule has 1 aromatic rings. The fourth-order valence-electron chi connectivity index (χ4n) is 1.74. The monoisotopic (exact) mass is 388 g/mol. The van der Waals surface area contributed by atoms with Gasteiger partial charge >= 0.3 is 12.1 Å². The summed E-state index contributed by atoms with van der Waals surface area (Å²) in [6.07, 6.45) is -0.559. The van der Waals surface area contributed by atoms with Gasteiger partial charge in [0.15, 0.2) is 0 Å². The third-order valence-corrected chi connectivity index (χ3v) is 3.05. The Morgan fingerprint density at radius 1 is 1.30 bits per heavy atom. The maximum absolute atomic E-state index is 11.9. The number of halogens is 1. The Labute approximate surface area is 143 Å². The Balaban J connectivity index is 2.89. The average molecular weight is 389 g/mol. The molecule has 8 heteroatoms. The molecule has 0 aliphatic heterocycles. The van der Waals surface area contributed by atoms with Crippen molar-refractivity contribution in [2.24, 2.45) is 0 Å². The molecule has 0 aromatic carbocycles. The Morgan fingerprint density at radius 2 is 1.96 bits per heavy atom. The standard InChI is InChI=1S/C15H21BrN2O5/c1-15(2,3)23-14(20)18-11(13(19)22-5)7-9-6-10(21-4)8-12(16)17-9/h6,8,11H,7H2,1-5H3,(H,18,20)/t11-/m1/s1. The molecule has 0 spiro atoms. The van der Waals surface area contributed by atoms with Crippen LogP contribution in [0.2, 0.25) is 0 Å². The second-order valence-corrected chi connectivity index (χ2v) is 6.56. The Kier molecular flexibility index (Phi) is 6.80. The Bertz CT molecular complexity index is 571. The number of esters is 1. The van der Waals surface area contributed by atoms with Crippen LogP contribution in [0.4, 0.5) is 4.79 Å². The molecule has 23 heavy (non-hydrogen) atoms. The lowest BCUT2D eigenvalue weighted by molar-refractivity contribution is -0.143. The second kappa shape index (κ2) is 8.14. The third kappa shape index (κ3) is 6.85. The first-order valence-corrected chi connectivity index (χ1v) is 7.71. The summed E-state index contributed by atoms with van der Waals surface area (Å²) in [5.41, 5.74) is -0.107. The normalized spacial score (nSPS) is 12.3. The van der Waals surface area contributed by atoms with Crippen LogP contribution in [0.25, 0.3) is 0 Å². The molecule has 0 aliphatic rings. The topological polar surface area (TPSA) is 86.8 Å². The van der Waals surface area contributed by atoms with Gasteiger partial charge in [0.1, 0.15) is 22.0 Å². The van der Waals surface area contributed by atoms with E-state index >= 15 is 0 Å². The number of nitrogens with one attached hydrogen (secondary N) is 1. The lowest BCUT2D eigenvalue weighted by Crippen LogP contribution is -2.45. The molecule has 0 unspecified atom stereocenters. The maximum atomic E-state index is 11.9. The number of alkyl carbamates (subject to hydrolysis) is 1. The SMILES string of the molecule is COC(=O)[C@@H](Cc1cc(OC)cc(Br)n1)NC(=O)OC(C)(C)C. The number of carbonyl (C=O) groups excluding carboxylic acids is 2. The molecule has 0 saturated heterocycles. The minimum absolute atomic E-state index is 0.141. The zero-order valence-electron chi connectivity index (χ0n) is 13.8. The number of ether oxygens (including phenoxy) is 3. The first-order valence-electron chi connectivity index (χ1n) is 6.92. The molecular weight excluding hydrogens is 368 g/mol. The van der Waals surface area contributed by atoms with Crippen LogP contribution in [0.5, 0.6) is 5.75 Å². The highest BCUT2D eigenvalue weighted by Crippen LogP contribution is 2.19. The number of amides is 1. The van der Waals surface area contributed by atoms with Gasteiger partial charge in [0, 0.05) is 24.2 Å². The van der Waals surface area contributed by atoms with Crippen molar-refractivity contribution in [3.8, 4) is 5.75 Å². The molecule has 1 rings (SSSR count). The molecule has 1 aromatic heterocycles. The third-order valence-electron chi connectivity index (χ3n) is 2.65. The van der Waals surface area contributed by atoms with Gasteiger partial charge in [-0.1, -0.05) is 0 Å². The van der Waals surface area contributed by atoms with E-state index in [-0.39, 0.29) is 6.42 Å². The van der Waals surface area contributed by atoms with Crippen molar-refractivity contribution < 1.29 is 23.8 Å². The summed E-state index contributed by atoms with van der Waals surface area (Å²) in [4.78, 5) is 28.0. The van der Waals surface area contributed by atoms with E-state index in [1.807, 2.05) is 0 Å². The van der Waals surface area contributed by atoms with Crippen molar-refractivity contribution in [2.45, 2.75) is 38.8 Å². The van der Waals surface area contributed by atoms with Gasteiger partial charge in [0.2, 0.25) is 0 Å². The number of pyridine rings is 1. The van der Waals surface area contributed by atoms with Crippen LogP contribution in [-0.4, -0.2) is 42.9 Å². The van der Waals surface area contributed by atoms with Gasteiger partial charge in [-0.2, -0.15) is 0 Å². The van der Waals surface area contributed by atoms with Gasteiger partial charge in [-0.05, 0) is 36.7 Å². The van der Waals surface area contributed by atoms with Gasteiger partial charge in [-0.3, -0.25) is 0 Å². The molecule has 0 fully saturated rings. The molecule has 0 aliphatic carbocycles. The molecule has 1 amide bonds. The van der Waals surface area contributed by atoms with Crippen LogP contribution in [0.15, 0.2) is 16.7 Å². The molecule has 1 N–H and O–H groups in total. The highest BCUT2D eigenvalue weighted by molar-refractivity contribution is 9.10. The molecule has 0 radical (unpaired) electrons. The fraction of sp³-hybridized carbons (Fsp3) is 0.533. The summed E-state index contributed by atoms with van der Waals surface area (Å²) in [7, 11) is 2.78. The number of nitrogens with zero attached hydrogens (tertiary/aromatic N) is 1. The van der Waals surface area contributed by atoms with Crippen molar-refractivity contribution in [3.05, 3.63) is 22.4 Å². The number of methoxy groups -OCH3 is 2. The van der Waals surface area contributed by atoms with Crippen LogP contribution >= 0.6 is 15.9 Å². The van der Waals surface area contributed by atoms with Crippen molar-refractivity contribution in [1.29, 1.82) is 0 Å². The number of aromatic nitrogens is 1. The van der Waals surface area contributed by atoms with E-state index in [1.54, 1.807) is 32.9 Å². The first kappa shape index (κ1) is 19.2. The summed E-state index contributed by atoms with van der Waals surface area (Å²) in [6.45, 7) is 5.21.